The Morgan fingerprint density at radius 1 is 1.31 bits per heavy atom. The molecule has 1 aliphatic carbocycles. The first-order chi connectivity index (χ1) is 7.86. The summed E-state index contributed by atoms with van der Waals surface area (Å²) in [6.07, 6.45) is 7.52. The molecule has 2 nitrogen and oxygen atoms in total. The second kappa shape index (κ2) is 6.00. The summed E-state index contributed by atoms with van der Waals surface area (Å²) in [5.41, 5.74) is 1.14. The highest BCUT2D eigenvalue weighted by molar-refractivity contribution is 5.02. The summed E-state index contributed by atoms with van der Waals surface area (Å²) < 4.78 is 0. The van der Waals surface area contributed by atoms with Gasteiger partial charge in [0.2, 0.25) is 0 Å². The molecule has 0 amide bonds. The van der Waals surface area contributed by atoms with E-state index in [1.165, 1.54) is 25.7 Å². The van der Waals surface area contributed by atoms with Gasteiger partial charge in [-0.2, -0.15) is 0 Å². The number of nitrogens with zero attached hydrogens (tertiary/aromatic N) is 1. The van der Waals surface area contributed by atoms with Crippen molar-refractivity contribution < 1.29 is 0 Å². The number of hydrogen-bond acceptors (Lipinski definition) is 2. The molecule has 88 valence electrons. The van der Waals surface area contributed by atoms with E-state index in [9.17, 15) is 0 Å². The third kappa shape index (κ3) is 3.31. The predicted molar refractivity (Wildman–Crippen MR) is 67.1 cm³/mol. The van der Waals surface area contributed by atoms with E-state index in [4.69, 9.17) is 0 Å². The summed E-state index contributed by atoms with van der Waals surface area (Å²) in [6, 6.07) is 6.09. The molecule has 2 rings (SSSR count). The summed E-state index contributed by atoms with van der Waals surface area (Å²) in [4.78, 5) is 4.32. The van der Waals surface area contributed by atoms with E-state index in [1.54, 1.807) is 0 Å². The van der Waals surface area contributed by atoms with Crippen LogP contribution in [0.2, 0.25) is 0 Å². The first kappa shape index (κ1) is 11.6. The van der Waals surface area contributed by atoms with E-state index in [0.717, 1.165) is 30.6 Å². The van der Waals surface area contributed by atoms with Crippen LogP contribution in [0.3, 0.4) is 0 Å². The molecule has 0 saturated heterocycles. The quantitative estimate of drug-likeness (QED) is 0.840. The molecule has 1 aromatic rings. The Labute approximate surface area is 98.5 Å². The van der Waals surface area contributed by atoms with Crippen LogP contribution in [0.4, 0.5) is 0 Å². The van der Waals surface area contributed by atoms with Crippen LogP contribution in [0.25, 0.3) is 0 Å². The number of hydrogen-bond donors (Lipinski definition) is 1. The summed E-state index contributed by atoms with van der Waals surface area (Å²) >= 11 is 0. The van der Waals surface area contributed by atoms with E-state index < -0.39 is 0 Å². The molecule has 0 aromatic carbocycles. The van der Waals surface area contributed by atoms with Crippen LogP contribution in [0.15, 0.2) is 24.4 Å². The number of pyridine rings is 1. The lowest BCUT2D eigenvalue weighted by Crippen LogP contribution is -2.29. The van der Waals surface area contributed by atoms with Crippen LogP contribution >= 0.6 is 0 Å². The van der Waals surface area contributed by atoms with Crippen molar-refractivity contribution in [2.45, 2.75) is 39.2 Å². The molecule has 2 heteroatoms. The monoisotopic (exact) mass is 218 g/mol. The van der Waals surface area contributed by atoms with Crippen LogP contribution in [0.1, 0.15) is 38.3 Å². The zero-order valence-corrected chi connectivity index (χ0v) is 10.2. The van der Waals surface area contributed by atoms with Gasteiger partial charge in [-0.3, -0.25) is 4.98 Å². The average Bonchev–Trinajstić information content (AvgIpc) is 2.33. The van der Waals surface area contributed by atoms with Crippen molar-refractivity contribution >= 4 is 0 Å². The van der Waals surface area contributed by atoms with Gasteiger partial charge in [-0.25, -0.2) is 0 Å². The molecule has 2 atom stereocenters. The van der Waals surface area contributed by atoms with E-state index in [-0.39, 0.29) is 0 Å². The molecule has 16 heavy (non-hydrogen) atoms. The van der Waals surface area contributed by atoms with Crippen molar-refractivity contribution in [2.75, 3.05) is 6.54 Å². The van der Waals surface area contributed by atoms with Gasteiger partial charge < -0.3 is 5.32 Å². The molecule has 1 N–H and O–H groups in total. The first-order valence-electron chi connectivity index (χ1n) is 6.47. The van der Waals surface area contributed by atoms with Crippen molar-refractivity contribution in [3.8, 4) is 0 Å². The summed E-state index contributed by atoms with van der Waals surface area (Å²) in [5, 5.41) is 3.54. The van der Waals surface area contributed by atoms with Gasteiger partial charge in [0.15, 0.2) is 0 Å². The topological polar surface area (TPSA) is 24.9 Å². The standard InChI is InChI=1S/C14H22N2/c1-12-6-2-3-7-13(12)10-15-11-14-8-4-5-9-16-14/h4-5,8-9,12-13,15H,2-3,6-7,10-11H2,1H3. The molecule has 0 bridgehead atoms. The van der Waals surface area contributed by atoms with Crippen molar-refractivity contribution in [1.82, 2.24) is 10.3 Å². The van der Waals surface area contributed by atoms with Crippen molar-refractivity contribution in [2.24, 2.45) is 11.8 Å². The average molecular weight is 218 g/mol. The van der Waals surface area contributed by atoms with Crippen LogP contribution in [-0.2, 0) is 6.54 Å². The molecule has 1 heterocycles. The minimum absolute atomic E-state index is 0.873. The third-order valence-electron chi connectivity index (χ3n) is 3.73. The molecular formula is C14H22N2. The first-order valence-corrected chi connectivity index (χ1v) is 6.47. The summed E-state index contributed by atoms with van der Waals surface area (Å²) in [7, 11) is 0. The Balaban J connectivity index is 1.71. The van der Waals surface area contributed by atoms with Crippen LogP contribution in [0.5, 0.6) is 0 Å². The van der Waals surface area contributed by atoms with E-state index in [2.05, 4.69) is 23.3 Å². The highest BCUT2D eigenvalue weighted by atomic mass is 14.9. The van der Waals surface area contributed by atoms with Crippen molar-refractivity contribution in [3.05, 3.63) is 30.1 Å². The van der Waals surface area contributed by atoms with Gasteiger partial charge in [0.05, 0.1) is 5.69 Å². The second-order valence-electron chi connectivity index (χ2n) is 4.97. The lowest BCUT2D eigenvalue weighted by atomic mass is 9.80. The zero-order chi connectivity index (χ0) is 11.2. The van der Waals surface area contributed by atoms with Gasteiger partial charge in [-0.1, -0.05) is 32.3 Å². The van der Waals surface area contributed by atoms with E-state index >= 15 is 0 Å². The van der Waals surface area contributed by atoms with Gasteiger partial charge >= 0.3 is 0 Å². The number of aromatic nitrogens is 1. The van der Waals surface area contributed by atoms with Crippen LogP contribution < -0.4 is 5.32 Å². The SMILES string of the molecule is CC1CCCCC1CNCc1ccccn1. The molecule has 0 aliphatic heterocycles. The minimum atomic E-state index is 0.873. The lowest BCUT2D eigenvalue weighted by molar-refractivity contribution is 0.247. The predicted octanol–water partition coefficient (Wildman–Crippen LogP) is 3.00. The Kier molecular flexibility index (Phi) is 4.34. The minimum Gasteiger partial charge on any atom is -0.311 e. The van der Waals surface area contributed by atoms with Gasteiger partial charge in [0.1, 0.15) is 0 Å². The fourth-order valence-electron chi connectivity index (χ4n) is 2.58. The third-order valence-corrected chi connectivity index (χ3v) is 3.73. The molecule has 1 saturated carbocycles. The van der Waals surface area contributed by atoms with Crippen LogP contribution in [0, 0.1) is 11.8 Å². The maximum absolute atomic E-state index is 4.32. The molecule has 0 radical (unpaired) electrons. The molecule has 0 spiro atoms. The van der Waals surface area contributed by atoms with E-state index in [0.29, 0.717) is 0 Å². The smallest absolute Gasteiger partial charge is 0.0541 e. The Morgan fingerprint density at radius 3 is 2.94 bits per heavy atom. The highest BCUT2D eigenvalue weighted by Crippen LogP contribution is 2.28. The largest absolute Gasteiger partial charge is 0.311 e. The fourth-order valence-corrected chi connectivity index (χ4v) is 2.58. The van der Waals surface area contributed by atoms with Crippen molar-refractivity contribution in [3.63, 3.8) is 0 Å². The lowest BCUT2D eigenvalue weighted by Gasteiger charge is -2.28. The summed E-state index contributed by atoms with van der Waals surface area (Å²) in [5.74, 6) is 1.77. The van der Waals surface area contributed by atoms with E-state index in [1.807, 2.05) is 18.3 Å². The van der Waals surface area contributed by atoms with Gasteiger partial charge in [0.25, 0.3) is 0 Å². The molecule has 1 aromatic heterocycles. The second-order valence-corrected chi connectivity index (χ2v) is 4.97. The highest BCUT2D eigenvalue weighted by Gasteiger charge is 2.20. The molecule has 1 aliphatic rings. The zero-order valence-electron chi connectivity index (χ0n) is 10.2. The van der Waals surface area contributed by atoms with Gasteiger partial charge in [0, 0.05) is 12.7 Å². The number of rotatable bonds is 4. The molecule has 1 fully saturated rings. The Bertz CT molecular complexity index is 297. The maximum atomic E-state index is 4.32. The number of nitrogens with one attached hydrogen (secondary N) is 1. The van der Waals surface area contributed by atoms with Crippen molar-refractivity contribution in [1.29, 1.82) is 0 Å². The molecule has 2 unspecified atom stereocenters. The maximum Gasteiger partial charge on any atom is 0.0541 e. The van der Waals surface area contributed by atoms with Gasteiger partial charge in [-0.05, 0) is 36.9 Å². The van der Waals surface area contributed by atoms with Crippen LogP contribution in [-0.4, -0.2) is 11.5 Å². The Morgan fingerprint density at radius 2 is 2.19 bits per heavy atom. The fraction of sp³-hybridized carbons (Fsp3) is 0.643. The van der Waals surface area contributed by atoms with Gasteiger partial charge in [-0.15, -0.1) is 0 Å². The molecular weight excluding hydrogens is 196 g/mol. The normalized spacial score (nSPS) is 25.6. The Hall–Kier alpha value is -0.890. The summed E-state index contributed by atoms with van der Waals surface area (Å²) in [6.45, 7) is 4.45.